The lowest BCUT2D eigenvalue weighted by atomic mass is 9.54. The van der Waals surface area contributed by atoms with Gasteiger partial charge in [-0.3, -0.25) is 16.1 Å². The van der Waals surface area contributed by atoms with E-state index in [0.29, 0.717) is 41.9 Å². The Morgan fingerprint density at radius 2 is 1.81 bits per heavy atom. The van der Waals surface area contributed by atoms with E-state index in [-0.39, 0.29) is 17.4 Å². The first-order chi connectivity index (χ1) is 15.4. The molecule has 0 saturated heterocycles. The maximum absolute atomic E-state index is 13.4. The largest absolute Gasteiger partial charge is 0.474 e. The van der Waals surface area contributed by atoms with Gasteiger partial charge in [0.05, 0.1) is 6.61 Å². The van der Waals surface area contributed by atoms with E-state index in [0.717, 1.165) is 29.6 Å². The number of carbonyl (C=O) groups excluding carboxylic acids is 1. The Morgan fingerprint density at radius 3 is 2.44 bits per heavy atom. The SMILES string of the molecule is CC(C)(CNN)COc1noc(C(=O)NC2C3CC4CC(C3)CC2C4)c1SC1CCCC1. The van der Waals surface area contributed by atoms with Crippen LogP contribution in [0, 0.1) is 29.1 Å². The van der Waals surface area contributed by atoms with Crippen molar-refractivity contribution in [3.63, 3.8) is 0 Å². The van der Waals surface area contributed by atoms with Gasteiger partial charge in [-0.25, -0.2) is 0 Å². The number of amides is 1. The highest BCUT2D eigenvalue weighted by molar-refractivity contribution is 8.00. The third-order valence-corrected chi connectivity index (χ3v) is 9.52. The molecule has 178 valence electrons. The van der Waals surface area contributed by atoms with Crippen molar-refractivity contribution >= 4 is 17.7 Å². The third kappa shape index (κ3) is 4.68. The predicted molar refractivity (Wildman–Crippen MR) is 124 cm³/mol. The number of nitrogens with two attached hydrogens (primary N) is 1. The average Bonchev–Trinajstić information content (AvgIpc) is 3.39. The van der Waals surface area contributed by atoms with E-state index in [9.17, 15) is 4.79 Å². The number of nitrogens with zero attached hydrogens (tertiary/aromatic N) is 1. The molecule has 0 radical (unpaired) electrons. The summed E-state index contributed by atoms with van der Waals surface area (Å²) < 4.78 is 11.7. The van der Waals surface area contributed by atoms with Gasteiger partial charge in [-0.05, 0) is 73.8 Å². The first-order valence-electron chi connectivity index (χ1n) is 12.5. The molecular formula is C24H38N4O3S. The lowest BCUT2D eigenvalue weighted by Gasteiger charge is -2.54. The Hall–Kier alpha value is -1.25. The molecule has 5 aliphatic rings. The van der Waals surface area contributed by atoms with Crippen molar-refractivity contribution in [2.75, 3.05) is 13.2 Å². The monoisotopic (exact) mass is 462 g/mol. The number of hydrogen-bond donors (Lipinski definition) is 3. The maximum Gasteiger partial charge on any atom is 0.291 e. The van der Waals surface area contributed by atoms with Gasteiger partial charge < -0.3 is 14.6 Å². The highest BCUT2D eigenvalue weighted by Crippen LogP contribution is 2.54. The van der Waals surface area contributed by atoms with Crippen LogP contribution >= 0.6 is 11.8 Å². The van der Waals surface area contributed by atoms with Crippen LogP contribution in [0.25, 0.3) is 0 Å². The molecule has 0 spiro atoms. The van der Waals surface area contributed by atoms with Crippen LogP contribution < -0.4 is 21.3 Å². The van der Waals surface area contributed by atoms with Gasteiger partial charge in [0.25, 0.3) is 11.8 Å². The van der Waals surface area contributed by atoms with Gasteiger partial charge in [0.2, 0.25) is 5.76 Å². The van der Waals surface area contributed by atoms with Crippen LogP contribution in [0.5, 0.6) is 5.88 Å². The Kier molecular flexibility index (Phi) is 6.47. The van der Waals surface area contributed by atoms with E-state index in [1.807, 2.05) is 0 Å². The zero-order chi connectivity index (χ0) is 22.3. The summed E-state index contributed by atoms with van der Waals surface area (Å²) in [6, 6.07) is 0.281. The molecule has 32 heavy (non-hydrogen) atoms. The fraction of sp³-hybridized carbons (Fsp3) is 0.833. The molecular weight excluding hydrogens is 424 g/mol. The van der Waals surface area contributed by atoms with Crippen LogP contribution in [0.15, 0.2) is 9.42 Å². The van der Waals surface area contributed by atoms with Crippen molar-refractivity contribution in [3.8, 4) is 5.88 Å². The van der Waals surface area contributed by atoms with Gasteiger partial charge in [-0.15, -0.1) is 11.8 Å². The summed E-state index contributed by atoms with van der Waals surface area (Å²) in [5.41, 5.74) is 2.56. The number of carbonyl (C=O) groups is 1. The van der Waals surface area contributed by atoms with E-state index in [4.69, 9.17) is 15.1 Å². The normalized spacial score (nSPS) is 31.9. The van der Waals surface area contributed by atoms with Crippen molar-refractivity contribution < 1.29 is 14.1 Å². The zero-order valence-corrected chi connectivity index (χ0v) is 20.2. The molecule has 5 saturated carbocycles. The van der Waals surface area contributed by atoms with Crippen molar-refractivity contribution in [3.05, 3.63) is 5.76 Å². The molecule has 0 aromatic carbocycles. The molecule has 0 atom stereocenters. The molecule has 5 fully saturated rings. The van der Waals surface area contributed by atoms with E-state index < -0.39 is 0 Å². The first-order valence-corrected chi connectivity index (χ1v) is 13.3. The van der Waals surface area contributed by atoms with Crippen LogP contribution in [0.2, 0.25) is 0 Å². The summed E-state index contributed by atoms with van der Waals surface area (Å²) in [7, 11) is 0. The van der Waals surface area contributed by atoms with Gasteiger partial charge in [-0.2, -0.15) is 0 Å². The van der Waals surface area contributed by atoms with Crippen LogP contribution in [0.1, 0.15) is 82.2 Å². The Morgan fingerprint density at radius 1 is 1.16 bits per heavy atom. The van der Waals surface area contributed by atoms with Crippen molar-refractivity contribution in [1.82, 2.24) is 15.9 Å². The quantitative estimate of drug-likeness (QED) is 0.374. The van der Waals surface area contributed by atoms with Gasteiger partial charge in [-0.1, -0.05) is 26.7 Å². The molecule has 8 heteroatoms. The Bertz CT molecular complexity index is 792. The molecule has 4 N–H and O–H groups in total. The Labute approximate surface area is 195 Å². The average molecular weight is 463 g/mol. The van der Waals surface area contributed by atoms with Gasteiger partial charge >= 0.3 is 0 Å². The van der Waals surface area contributed by atoms with Crippen LogP contribution in [0.4, 0.5) is 0 Å². The molecule has 5 aliphatic carbocycles. The minimum Gasteiger partial charge on any atom is -0.474 e. The molecule has 1 heterocycles. The fourth-order valence-electron chi connectivity index (χ4n) is 6.75. The van der Waals surface area contributed by atoms with Crippen molar-refractivity contribution in [1.29, 1.82) is 0 Å². The molecule has 0 aliphatic heterocycles. The third-order valence-electron chi connectivity index (χ3n) is 8.12. The molecule has 7 nitrogen and oxygen atoms in total. The van der Waals surface area contributed by atoms with E-state index in [1.54, 1.807) is 11.8 Å². The number of ether oxygens (including phenoxy) is 1. The second kappa shape index (κ2) is 9.18. The molecule has 1 aromatic heterocycles. The van der Waals surface area contributed by atoms with E-state index in [1.165, 1.54) is 44.9 Å². The number of nitrogens with one attached hydrogen (secondary N) is 2. The van der Waals surface area contributed by atoms with Crippen LogP contribution in [0.3, 0.4) is 0 Å². The first kappa shape index (κ1) is 22.5. The number of hydrazine groups is 1. The van der Waals surface area contributed by atoms with Crippen LogP contribution in [-0.4, -0.2) is 35.5 Å². The standard InChI is InChI=1S/C24H38N4O3S/c1-24(2,12-26-25)13-30-23-21(32-18-5-3-4-6-18)20(31-28-23)22(29)27-19-16-8-14-7-15(10-16)11-17(19)9-14/h14-19,26H,3-13,25H2,1-2H3,(H,27,29). The number of thioether (sulfide) groups is 1. The predicted octanol–water partition coefficient (Wildman–Crippen LogP) is 4.13. The zero-order valence-electron chi connectivity index (χ0n) is 19.4. The van der Waals surface area contributed by atoms with Gasteiger partial charge in [0, 0.05) is 23.3 Å². The maximum atomic E-state index is 13.4. The van der Waals surface area contributed by atoms with Crippen molar-refractivity contribution in [2.24, 2.45) is 34.9 Å². The summed E-state index contributed by atoms with van der Waals surface area (Å²) in [5, 5.41) is 8.07. The summed E-state index contributed by atoms with van der Waals surface area (Å²) in [4.78, 5) is 14.2. The highest BCUT2D eigenvalue weighted by atomic mass is 32.2. The lowest BCUT2D eigenvalue weighted by Crippen LogP contribution is -2.55. The van der Waals surface area contributed by atoms with Gasteiger partial charge in [0.1, 0.15) is 4.90 Å². The minimum atomic E-state index is -0.161. The number of hydrogen-bond acceptors (Lipinski definition) is 7. The number of aromatic nitrogens is 1. The topological polar surface area (TPSA) is 102 Å². The summed E-state index contributed by atoms with van der Waals surface area (Å²) >= 11 is 1.71. The number of rotatable bonds is 9. The molecule has 0 unspecified atom stereocenters. The minimum absolute atomic E-state index is 0.117. The molecule has 6 rings (SSSR count). The molecule has 1 aromatic rings. The van der Waals surface area contributed by atoms with Gasteiger partial charge in [0.15, 0.2) is 0 Å². The molecule has 4 bridgehead atoms. The Balaban J connectivity index is 1.31. The second-order valence-corrected chi connectivity index (χ2v) is 12.7. The fourth-order valence-corrected chi connectivity index (χ4v) is 8.09. The summed E-state index contributed by atoms with van der Waals surface area (Å²) in [6.45, 7) is 5.22. The molecule has 1 amide bonds. The van der Waals surface area contributed by atoms with E-state index >= 15 is 0 Å². The second-order valence-electron chi connectivity index (χ2n) is 11.4. The summed E-state index contributed by atoms with van der Waals surface area (Å²) in [5.74, 6) is 9.20. The lowest BCUT2D eigenvalue weighted by molar-refractivity contribution is -0.0124. The van der Waals surface area contributed by atoms with Crippen LogP contribution in [-0.2, 0) is 0 Å². The smallest absolute Gasteiger partial charge is 0.291 e. The van der Waals surface area contributed by atoms with E-state index in [2.05, 4.69) is 29.7 Å². The highest BCUT2D eigenvalue weighted by Gasteiger charge is 2.49. The van der Waals surface area contributed by atoms with Crippen molar-refractivity contribution in [2.45, 2.75) is 87.8 Å². The summed E-state index contributed by atoms with van der Waals surface area (Å²) in [6.07, 6.45) is 11.3.